The van der Waals surface area contributed by atoms with Gasteiger partial charge in [0, 0.05) is 18.4 Å². The SMILES string of the molecule is CC(C)(C)C(=O)NCCCC(=O)NS(=O)(=O)c1ccccc1. The highest BCUT2D eigenvalue weighted by Gasteiger charge is 2.20. The second kappa shape index (κ2) is 7.40. The van der Waals surface area contributed by atoms with Crippen molar-refractivity contribution in [3.05, 3.63) is 30.3 Å². The van der Waals surface area contributed by atoms with Crippen molar-refractivity contribution in [3.63, 3.8) is 0 Å². The zero-order chi connectivity index (χ0) is 16.8. The molecule has 0 spiro atoms. The van der Waals surface area contributed by atoms with Crippen LogP contribution in [0.2, 0.25) is 0 Å². The average Bonchev–Trinajstić information content (AvgIpc) is 2.42. The molecule has 0 aliphatic heterocycles. The number of amides is 2. The van der Waals surface area contributed by atoms with Crippen LogP contribution in [0.1, 0.15) is 33.6 Å². The zero-order valence-corrected chi connectivity index (χ0v) is 13.9. The number of hydrogen-bond donors (Lipinski definition) is 2. The first-order chi connectivity index (χ1) is 10.1. The third kappa shape index (κ3) is 5.85. The van der Waals surface area contributed by atoms with Crippen molar-refractivity contribution in [2.24, 2.45) is 5.41 Å². The molecule has 2 amide bonds. The van der Waals surface area contributed by atoms with E-state index >= 15 is 0 Å². The lowest BCUT2D eigenvalue weighted by atomic mass is 9.96. The van der Waals surface area contributed by atoms with E-state index in [9.17, 15) is 18.0 Å². The second-order valence-electron chi connectivity index (χ2n) is 5.95. The van der Waals surface area contributed by atoms with E-state index in [1.54, 1.807) is 39.0 Å². The van der Waals surface area contributed by atoms with Crippen LogP contribution < -0.4 is 10.0 Å². The second-order valence-corrected chi connectivity index (χ2v) is 7.63. The summed E-state index contributed by atoms with van der Waals surface area (Å²) < 4.78 is 25.8. The molecule has 0 atom stereocenters. The number of carbonyl (C=O) groups is 2. The minimum atomic E-state index is -3.82. The topological polar surface area (TPSA) is 92.3 Å². The van der Waals surface area contributed by atoms with Gasteiger partial charge in [-0.05, 0) is 18.6 Å². The lowest BCUT2D eigenvalue weighted by Crippen LogP contribution is -2.36. The molecule has 6 nitrogen and oxygen atoms in total. The molecule has 22 heavy (non-hydrogen) atoms. The number of nitrogens with one attached hydrogen (secondary N) is 2. The van der Waals surface area contributed by atoms with E-state index in [0.29, 0.717) is 13.0 Å². The van der Waals surface area contributed by atoms with Gasteiger partial charge in [-0.25, -0.2) is 13.1 Å². The monoisotopic (exact) mass is 326 g/mol. The van der Waals surface area contributed by atoms with Crippen molar-refractivity contribution in [2.45, 2.75) is 38.5 Å². The highest BCUT2D eigenvalue weighted by molar-refractivity contribution is 7.90. The van der Waals surface area contributed by atoms with E-state index in [2.05, 4.69) is 5.32 Å². The summed E-state index contributed by atoms with van der Waals surface area (Å²) in [4.78, 5) is 23.3. The predicted molar refractivity (Wildman–Crippen MR) is 83.5 cm³/mol. The van der Waals surface area contributed by atoms with Gasteiger partial charge in [0.05, 0.1) is 4.90 Å². The van der Waals surface area contributed by atoms with Gasteiger partial charge >= 0.3 is 0 Å². The quantitative estimate of drug-likeness (QED) is 0.774. The summed E-state index contributed by atoms with van der Waals surface area (Å²) in [5, 5.41) is 2.70. The molecule has 1 aromatic carbocycles. The smallest absolute Gasteiger partial charge is 0.264 e. The van der Waals surface area contributed by atoms with Gasteiger partial charge in [-0.2, -0.15) is 0 Å². The number of benzene rings is 1. The van der Waals surface area contributed by atoms with Gasteiger partial charge in [0.25, 0.3) is 10.0 Å². The Morgan fingerprint density at radius 3 is 2.23 bits per heavy atom. The Morgan fingerprint density at radius 2 is 1.68 bits per heavy atom. The molecular weight excluding hydrogens is 304 g/mol. The fourth-order valence-corrected chi connectivity index (χ4v) is 2.61. The van der Waals surface area contributed by atoms with Crippen LogP contribution in [0, 0.1) is 5.41 Å². The maximum atomic E-state index is 11.9. The average molecular weight is 326 g/mol. The lowest BCUT2D eigenvalue weighted by Gasteiger charge is -2.17. The first-order valence-electron chi connectivity index (χ1n) is 7.02. The lowest BCUT2D eigenvalue weighted by molar-refractivity contribution is -0.128. The molecule has 122 valence electrons. The van der Waals surface area contributed by atoms with Gasteiger partial charge in [-0.3, -0.25) is 9.59 Å². The largest absolute Gasteiger partial charge is 0.356 e. The van der Waals surface area contributed by atoms with E-state index < -0.39 is 21.3 Å². The molecule has 0 bridgehead atoms. The van der Waals surface area contributed by atoms with Crippen LogP contribution in [0.5, 0.6) is 0 Å². The van der Waals surface area contributed by atoms with Gasteiger partial charge in [0.2, 0.25) is 11.8 Å². The van der Waals surface area contributed by atoms with Gasteiger partial charge in [0.15, 0.2) is 0 Å². The van der Waals surface area contributed by atoms with Crippen molar-refractivity contribution in [2.75, 3.05) is 6.54 Å². The maximum absolute atomic E-state index is 11.9. The molecule has 0 saturated heterocycles. The number of sulfonamides is 1. The summed E-state index contributed by atoms with van der Waals surface area (Å²) >= 11 is 0. The summed E-state index contributed by atoms with van der Waals surface area (Å²) in [6, 6.07) is 7.69. The molecule has 1 aromatic rings. The number of hydrogen-bond acceptors (Lipinski definition) is 4. The van der Waals surface area contributed by atoms with E-state index in [4.69, 9.17) is 0 Å². The normalized spacial score (nSPS) is 11.8. The minimum absolute atomic E-state index is 0.0243. The van der Waals surface area contributed by atoms with Gasteiger partial charge in [-0.1, -0.05) is 39.0 Å². The number of carbonyl (C=O) groups excluding carboxylic acids is 2. The Labute approximate surface area is 131 Å². The van der Waals surface area contributed by atoms with Gasteiger partial charge in [0.1, 0.15) is 0 Å². The molecule has 0 unspecified atom stereocenters. The molecule has 0 aliphatic rings. The Balaban J connectivity index is 2.40. The van der Waals surface area contributed by atoms with Crippen LogP contribution in [0.4, 0.5) is 0 Å². The molecule has 7 heteroatoms. The van der Waals surface area contributed by atoms with Crippen molar-refractivity contribution in [1.82, 2.24) is 10.0 Å². The molecule has 2 N–H and O–H groups in total. The Morgan fingerprint density at radius 1 is 1.09 bits per heavy atom. The number of rotatable bonds is 6. The third-order valence-corrected chi connectivity index (χ3v) is 4.24. The van der Waals surface area contributed by atoms with E-state index in [1.165, 1.54) is 12.1 Å². The fourth-order valence-electron chi connectivity index (χ4n) is 1.58. The third-order valence-electron chi connectivity index (χ3n) is 2.85. The van der Waals surface area contributed by atoms with Gasteiger partial charge in [-0.15, -0.1) is 0 Å². The summed E-state index contributed by atoms with van der Waals surface area (Å²) in [5.74, 6) is -0.696. The van der Waals surface area contributed by atoms with Crippen molar-refractivity contribution >= 4 is 21.8 Å². The first kappa shape index (κ1) is 18.2. The highest BCUT2D eigenvalue weighted by atomic mass is 32.2. The molecule has 0 saturated carbocycles. The molecule has 0 aromatic heterocycles. The summed E-state index contributed by atoms with van der Waals surface area (Å²) in [6.07, 6.45) is 0.397. The standard InChI is InChI=1S/C15H22N2O4S/c1-15(2,3)14(19)16-11-7-10-13(18)17-22(20,21)12-8-5-4-6-9-12/h4-6,8-9H,7,10-11H2,1-3H3,(H,16,19)(H,17,18). The summed E-state index contributed by atoms with van der Waals surface area (Å²) in [5.41, 5.74) is -0.487. The van der Waals surface area contributed by atoms with Crippen molar-refractivity contribution in [3.8, 4) is 0 Å². The molecular formula is C15H22N2O4S. The first-order valence-corrected chi connectivity index (χ1v) is 8.50. The van der Waals surface area contributed by atoms with Crippen LogP contribution in [0.25, 0.3) is 0 Å². The Kier molecular flexibility index (Phi) is 6.11. The van der Waals surface area contributed by atoms with Crippen molar-refractivity contribution in [1.29, 1.82) is 0 Å². The van der Waals surface area contributed by atoms with Crippen LogP contribution in [-0.4, -0.2) is 26.8 Å². The molecule has 0 heterocycles. The maximum Gasteiger partial charge on any atom is 0.264 e. The van der Waals surface area contributed by atoms with Crippen molar-refractivity contribution < 1.29 is 18.0 Å². The molecule has 0 radical (unpaired) electrons. The van der Waals surface area contributed by atoms with E-state index in [1.807, 2.05) is 4.72 Å². The molecule has 0 aliphatic carbocycles. The summed E-state index contributed by atoms with van der Waals surface area (Å²) in [7, 11) is -3.82. The predicted octanol–water partition coefficient (Wildman–Crippen LogP) is 1.43. The zero-order valence-electron chi connectivity index (χ0n) is 13.0. The molecule has 1 rings (SSSR count). The summed E-state index contributed by atoms with van der Waals surface area (Å²) in [6.45, 7) is 5.71. The van der Waals surface area contributed by atoms with Gasteiger partial charge < -0.3 is 5.32 Å². The van der Waals surface area contributed by atoms with E-state index in [-0.39, 0.29) is 17.2 Å². The van der Waals surface area contributed by atoms with E-state index in [0.717, 1.165) is 0 Å². The van der Waals surface area contributed by atoms with Crippen LogP contribution in [0.15, 0.2) is 35.2 Å². The van der Waals surface area contributed by atoms with Crippen LogP contribution >= 0.6 is 0 Å². The highest BCUT2D eigenvalue weighted by Crippen LogP contribution is 2.12. The minimum Gasteiger partial charge on any atom is -0.356 e. The Bertz CT molecular complexity index is 619. The Hall–Kier alpha value is -1.89. The molecule has 0 fully saturated rings. The van der Waals surface area contributed by atoms with Crippen LogP contribution in [0.3, 0.4) is 0 Å². The van der Waals surface area contributed by atoms with Crippen LogP contribution in [-0.2, 0) is 19.6 Å². The fraction of sp³-hybridized carbons (Fsp3) is 0.467.